The third kappa shape index (κ3) is 4.65. The van der Waals surface area contributed by atoms with Crippen molar-refractivity contribution in [2.45, 2.75) is 19.3 Å². The summed E-state index contributed by atoms with van der Waals surface area (Å²) < 4.78 is 0. The summed E-state index contributed by atoms with van der Waals surface area (Å²) in [5, 5.41) is 12.6. The molecule has 21 heavy (non-hydrogen) atoms. The van der Waals surface area contributed by atoms with Crippen LogP contribution >= 0.6 is 0 Å². The Morgan fingerprint density at radius 3 is 2.52 bits per heavy atom. The summed E-state index contributed by atoms with van der Waals surface area (Å²) >= 11 is 0. The van der Waals surface area contributed by atoms with Crippen LogP contribution in [0.2, 0.25) is 0 Å². The predicted molar refractivity (Wildman–Crippen MR) is 75.0 cm³/mol. The Kier molecular flexibility index (Phi) is 7.06. The largest absolute Gasteiger partial charge is 0.478 e. The molecule has 0 bridgehead atoms. The zero-order chi connectivity index (χ0) is 14.5. The van der Waals surface area contributed by atoms with Gasteiger partial charge in [0.05, 0.1) is 5.56 Å². The van der Waals surface area contributed by atoms with Gasteiger partial charge in [0.2, 0.25) is 5.91 Å². The van der Waals surface area contributed by atoms with Gasteiger partial charge in [-0.25, -0.2) is 9.80 Å². The minimum absolute atomic E-state index is 0. The molecule has 0 radical (unpaired) electrons. The molecule has 0 aromatic heterocycles. The second-order valence-corrected chi connectivity index (χ2v) is 4.83. The molecule has 0 unspecified atom stereocenters. The molecule has 1 saturated heterocycles. The van der Waals surface area contributed by atoms with Gasteiger partial charge in [-0.05, 0) is 30.5 Å². The molecule has 1 aliphatic heterocycles. The van der Waals surface area contributed by atoms with Crippen LogP contribution in [0, 0.1) is 6.92 Å². The first-order chi connectivity index (χ1) is 9.61. The van der Waals surface area contributed by atoms with E-state index in [4.69, 9.17) is 5.11 Å². The van der Waals surface area contributed by atoms with E-state index in [1.165, 1.54) is 0 Å². The Bertz CT molecular complexity index is 490. The van der Waals surface area contributed by atoms with E-state index in [0.29, 0.717) is 25.9 Å². The van der Waals surface area contributed by atoms with Crippen molar-refractivity contribution in [2.75, 3.05) is 19.6 Å². The smallest absolute Gasteiger partial charge is 0.335 e. The quantitative estimate of drug-likeness (QED) is 0.681. The van der Waals surface area contributed by atoms with Crippen LogP contribution in [-0.4, -0.2) is 46.6 Å². The summed E-state index contributed by atoms with van der Waals surface area (Å²) in [6.07, 6.45) is 2.19. The van der Waals surface area contributed by atoms with Crippen LogP contribution in [-0.2, 0) is 32.3 Å². The first-order valence-corrected chi connectivity index (χ1v) is 6.78. The summed E-state index contributed by atoms with van der Waals surface area (Å²) in [4.78, 5) is 22.7. The summed E-state index contributed by atoms with van der Waals surface area (Å²) in [5.74, 6) is -0.784. The Balaban J connectivity index is 0.00000220. The van der Waals surface area contributed by atoms with Crippen LogP contribution in [0.15, 0.2) is 24.3 Å². The van der Waals surface area contributed by atoms with Crippen LogP contribution in [0.1, 0.15) is 28.8 Å². The Labute approximate surface area is 139 Å². The predicted octanol–water partition coefficient (Wildman–Crippen LogP) is 1.60. The van der Waals surface area contributed by atoms with Gasteiger partial charge in [0.1, 0.15) is 0 Å². The second-order valence-electron chi connectivity index (χ2n) is 4.83. The zero-order valence-electron chi connectivity index (χ0n) is 11.8. The molecule has 1 N–H and O–H groups in total. The van der Waals surface area contributed by atoms with Crippen molar-refractivity contribution in [2.24, 2.45) is 0 Å². The van der Waals surface area contributed by atoms with Gasteiger partial charge in [0, 0.05) is 40.6 Å². The number of hydrogen-bond donors (Lipinski definition) is 1. The number of amides is 1. The van der Waals surface area contributed by atoms with Gasteiger partial charge in [-0.1, -0.05) is 12.1 Å². The van der Waals surface area contributed by atoms with Crippen LogP contribution < -0.4 is 0 Å². The normalized spacial score (nSPS) is 15.7. The zero-order valence-corrected chi connectivity index (χ0v) is 14.8. The topological polar surface area (TPSA) is 60.9 Å². The van der Waals surface area contributed by atoms with E-state index in [-0.39, 0.29) is 32.5 Å². The molecule has 0 atom stereocenters. The summed E-state index contributed by atoms with van der Waals surface area (Å²) in [5.41, 5.74) is 1.31. The van der Waals surface area contributed by atoms with Crippen molar-refractivity contribution in [3.8, 4) is 0 Å². The van der Waals surface area contributed by atoms with E-state index in [9.17, 15) is 9.59 Å². The van der Waals surface area contributed by atoms with E-state index < -0.39 is 5.97 Å². The molecule has 1 amide bonds. The average molecular weight is 459 g/mol. The van der Waals surface area contributed by atoms with E-state index >= 15 is 0 Å². The first kappa shape index (κ1) is 17.9. The minimum Gasteiger partial charge on any atom is -0.478 e. The van der Waals surface area contributed by atoms with Gasteiger partial charge in [0.15, 0.2) is 0 Å². The number of carboxylic acid groups (broad SMARTS) is 1. The summed E-state index contributed by atoms with van der Waals surface area (Å²) in [6.45, 7) is 5.91. The third-order valence-corrected chi connectivity index (χ3v) is 3.51. The van der Waals surface area contributed by atoms with Gasteiger partial charge in [-0.15, -0.1) is 6.54 Å². The van der Waals surface area contributed by atoms with Gasteiger partial charge in [-0.2, -0.15) is 0 Å². The Hall–Kier alpha value is -1.19. The fourth-order valence-electron chi connectivity index (χ4n) is 2.37. The number of nitrogens with zero attached hydrogens (tertiary/aromatic N) is 2. The van der Waals surface area contributed by atoms with Crippen LogP contribution in [0.5, 0.6) is 0 Å². The van der Waals surface area contributed by atoms with Crippen LogP contribution in [0.4, 0.5) is 0 Å². The number of carboxylic acids is 1. The molecular formula is C15H19N2O3W-. The van der Waals surface area contributed by atoms with Crippen molar-refractivity contribution in [3.63, 3.8) is 0 Å². The number of hydrogen-bond acceptors (Lipinski definition) is 3. The molecule has 1 aromatic carbocycles. The minimum atomic E-state index is -0.925. The van der Waals surface area contributed by atoms with Gasteiger partial charge in [0.25, 0.3) is 0 Å². The fraction of sp³-hybridized carbons (Fsp3) is 0.400. The van der Waals surface area contributed by atoms with E-state index in [0.717, 1.165) is 18.5 Å². The van der Waals surface area contributed by atoms with Gasteiger partial charge >= 0.3 is 5.97 Å². The van der Waals surface area contributed by atoms with Crippen molar-refractivity contribution in [1.82, 2.24) is 10.0 Å². The number of benzene rings is 1. The maximum absolute atomic E-state index is 11.9. The summed E-state index contributed by atoms with van der Waals surface area (Å²) in [7, 11) is 0. The van der Waals surface area contributed by atoms with Gasteiger partial charge in [-0.3, -0.25) is 9.80 Å². The number of carbonyl (C=O) groups is 2. The van der Waals surface area contributed by atoms with Crippen LogP contribution in [0.3, 0.4) is 0 Å². The molecular weight excluding hydrogens is 440 g/mol. The maximum Gasteiger partial charge on any atom is 0.335 e. The molecule has 114 valence electrons. The van der Waals surface area contributed by atoms with Crippen LogP contribution in [0.25, 0.3) is 0 Å². The molecule has 5 nitrogen and oxygen atoms in total. The number of hydrazine groups is 1. The molecule has 6 heteroatoms. The molecule has 0 saturated carbocycles. The first-order valence-electron chi connectivity index (χ1n) is 6.78. The van der Waals surface area contributed by atoms with E-state index in [2.05, 4.69) is 6.92 Å². The average Bonchev–Trinajstić information content (AvgIpc) is 2.46. The standard InChI is InChI=1S/C15H19N2O3.W/c1-2-16-10-3-4-14(18)17(16)11-9-12-5-7-13(8-6-12)15(19)20;/h5-8H,1-4,9-11H2,(H,19,20);/q-1;. The van der Waals surface area contributed by atoms with Crippen molar-refractivity contribution in [3.05, 3.63) is 42.3 Å². The van der Waals surface area contributed by atoms with Crippen molar-refractivity contribution in [1.29, 1.82) is 0 Å². The van der Waals surface area contributed by atoms with Crippen molar-refractivity contribution >= 4 is 11.9 Å². The molecule has 2 rings (SSSR count). The number of rotatable bonds is 5. The van der Waals surface area contributed by atoms with E-state index in [1.54, 1.807) is 29.3 Å². The Morgan fingerprint density at radius 2 is 1.95 bits per heavy atom. The fourth-order valence-corrected chi connectivity index (χ4v) is 2.37. The molecule has 1 aliphatic rings. The molecule has 1 aromatic rings. The molecule has 1 fully saturated rings. The van der Waals surface area contributed by atoms with Crippen molar-refractivity contribution < 1.29 is 35.8 Å². The molecule has 1 heterocycles. The molecule has 0 spiro atoms. The van der Waals surface area contributed by atoms with Gasteiger partial charge < -0.3 is 12.0 Å². The monoisotopic (exact) mass is 459 g/mol. The summed E-state index contributed by atoms with van der Waals surface area (Å²) in [6, 6.07) is 6.78. The maximum atomic E-state index is 11.9. The number of aromatic carboxylic acids is 1. The van der Waals surface area contributed by atoms with E-state index in [1.807, 2.05) is 5.01 Å². The Morgan fingerprint density at radius 1 is 1.29 bits per heavy atom. The third-order valence-electron chi connectivity index (χ3n) is 3.51. The number of carbonyl (C=O) groups excluding carboxylic acids is 1. The second kappa shape index (κ2) is 8.30. The molecule has 0 aliphatic carbocycles. The SMILES string of the molecule is [CH2-]CN1CCCC(=O)N1CCc1ccc(C(=O)O)cc1.[W].